The van der Waals surface area contributed by atoms with Gasteiger partial charge < -0.3 is 9.64 Å². The van der Waals surface area contributed by atoms with Crippen LogP contribution in [0.5, 0.6) is 0 Å². The number of rotatable bonds is 6. The van der Waals surface area contributed by atoms with Crippen LogP contribution in [0.25, 0.3) is 0 Å². The standard InChI is InChI=1S/C14H18ClNO3/c1-3-19-14(18)8-9-16(11(2)17)10-12-4-6-13(15)7-5-12/h4-7H,3,8-10H2,1-2H3. The van der Waals surface area contributed by atoms with Crippen molar-refractivity contribution in [1.29, 1.82) is 0 Å². The van der Waals surface area contributed by atoms with Crippen LogP contribution in [0.15, 0.2) is 24.3 Å². The molecule has 0 bridgehead atoms. The number of carbonyl (C=O) groups is 2. The molecule has 0 aliphatic heterocycles. The van der Waals surface area contributed by atoms with E-state index in [0.29, 0.717) is 24.7 Å². The predicted octanol–water partition coefficient (Wildman–Crippen LogP) is 2.64. The monoisotopic (exact) mass is 283 g/mol. The molecule has 5 heteroatoms. The van der Waals surface area contributed by atoms with Gasteiger partial charge in [-0.05, 0) is 24.6 Å². The molecule has 4 nitrogen and oxygen atoms in total. The van der Waals surface area contributed by atoms with Gasteiger partial charge in [-0.3, -0.25) is 9.59 Å². The summed E-state index contributed by atoms with van der Waals surface area (Å²) in [7, 11) is 0. The number of hydrogen-bond donors (Lipinski definition) is 0. The Balaban J connectivity index is 2.55. The minimum Gasteiger partial charge on any atom is -0.466 e. The van der Waals surface area contributed by atoms with E-state index in [9.17, 15) is 9.59 Å². The maximum absolute atomic E-state index is 11.5. The van der Waals surface area contributed by atoms with Crippen LogP contribution in [0, 0.1) is 0 Å². The fourth-order valence-electron chi connectivity index (χ4n) is 1.62. The van der Waals surface area contributed by atoms with Gasteiger partial charge in [-0.15, -0.1) is 0 Å². The van der Waals surface area contributed by atoms with Gasteiger partial charge in [-0.25, -0.2) is 0 Å². The average molecular weight is 284 g/mol. The summed E-state index contributed by atoms with van der Waals surface area (Å²) in [5, 5.41) is 0.657. The third-order valence-corrected chi connectivity index (χ3v) is 2.88. The predicted molar refractivity (Wildman–Crippen MR) is 73.8 cm³/mol. The zero-order valence-corrected chi connectivity index (χ0v) is 11.9. The lowest BCUT2D eigenvalue weighted by Crippen LogP contribution is -2.30. The SMILES string of the molecule is CCOC(=O)CCN(Cc1ccc(Cl)cc1)C(C)=O. The van der Waals surface area contributed by atoms with Crippen LogP contribution in [0.3, 0.4) is 0 Å². The van der Waals surface area contributed by atoms with Gasteiger partial charge >= 0.3 is 5.97 Å². The Morgan fingerprint density at radius 3 is 2.42 bits per heavy atom. The second-order valence-corrected chi connectivity index (χ2v) is 4.56. The summed E-state index contributed by atoms with van der Waals surface area (Å²) in [6.45, 7) is 4.42. The molecule has 0 fully saturated rings. The zero-order chi connectivity index (χ0) is 14.3. The second-order valence-electron chi connectivity index (χ2n) is 4.12. The molecule has 1 rings (SSSR count). The van der Waals surface area contributed by atoms with Crippen molar-refractivity contribution in [3.63, 3.8) is 0 Å². The van der Waals surface area contributed by atoms with Crippen molar-refractivity contribution in [2.24, 2.45) is 0 Å². The molecule has 0 saturated heterocycles. The van der Waals surface area contributed by atoms with E-state index >= 15 is 0 Å². The Bertz CT molecular complexity index is 431. The smallest absolute Gasteiger partial charge is 0.307 e. The maximum Gasteiger partial charge on any atom is 0.307 e. The van der Waals surface area contributed by atoms with E-state index in [0.717, 1.165) is 5.56 Å². The summed E-state index contributed by atoms with van der Waals surface area (Å²) >= 11 is 5.81. The van der Waals surface area contributed by atoms with E-state index in [1.54, 1.807) is 24.0 Å². The molecule has 19 heavy (non-hydrogen) atoms. The molecule has 0 atom stereocenters. The van der Waals surface area contributed by atoms with Crippen LogP contribution in [-0.2, 0) is 20.9 Å². The summed E-state index contributed by atoms with van der Waals surface area (Å²) in [4.78, 5) is 24.4. The first kappa shape index (κ1) is 15.5. The summed E-state index contributed by atoms with van der Waals surface area (Å²) in [5.74, 6) is -0.357. The van der Waals surface area contributed by atoms with Crippen molar-refractivity contribution in [2.75, 3.05) is 13.2 Å². The van der Waals surface area contributed by atoms with Gasteiger partial charge in [-0.1, -0.05) is 23.7 Å². The average Bonchev–Trinajstić information content (AvgIpc) is 2.36. The highest BCUT2D eigenvalue weighted by Crippen LogP contribution is 2.12. The summed E-state index contributed by atoms with van der Waals surface area (Å²) < 4.78 is 4.84. The Hall–Kier alpha value is -1.55. The normalized spacial score (nSPS) is 10.1. The number of halogens is 1. The lowest BCUT2D eigenvalue weighted by molar-refractivity contribution is -0.144. The molecule has 0 radical (unpaired) electrons. The Morgan fingerprint density at radius 1 is 1.26 bits per heavy atom. The van der Waals surface area contributed by atoms with E-state index in [2.05, 4.69) is 0 Å². The van der Waals surface area contributed by atoms with Gasteiger partial charge in [-0.2, -0.15) is 0 Å². The molecular formula is C14H18ClNO3. The van der Waals surface area contributed by atoms with Gasteiger partial charge in [0.15, 0.2) is 0 Å². The van der Waals surface area contributed by atoms with E-state index < -0.39 is 0 Å². The van der Waals surface area contributed by atoms with Crippen LogP contribution in [0.1, 0.15) is 25.8 Å². The first-order valence-electron chi connectivity index (χ1n) is 6.18. The Morgan fingerprint density at radius 2 is 1.89 bits per heavy atom. The van der Waals surface area contributed by atoms with Crippen molar-refractivity contribution in [2.45, 2.75) is 26.8 Å². The zero-order valence-electron chi connectivity index (χ0n) is 11.2. The number of nitrogens with zero attached hydrogens (tertiary/aromatic N) is 1. The van der Waals surface area contributed by atoms with Crippen LogP contribution < -0.4 is 0 Å². The molecule has 0 N–H and O–H groups in total. The minimum absolute atomic E-state index is 0.0701. The van der Waals surface area contributed by atoms with Crippen molar-refractivity contribution in [3.05, 3.63) is 34.9 Å². The van der Waals surface area contributed by atoms with Gasteiger partial charge in [0, 0.05) is 25.0 Å². The molecule has 104 valence electrons. The van der Waals surface area contributed by atoms with Crippen LogP contribution >= 0.6 is 11.6 Å². The molecule has 0 unspecified atom stereocenters. The molecule has 1 amide bonds. The topological polar surface area (TPSA) is 46.6 Å². The summed E-state index contributed by atoms with van der Waals surface area (Å²) in [6.07, 6.45) is 0.209. The lowest BCUT2D eigenvalue weighted by atomic mass is 10.2. The van der Waals surface area contributed by atoms with Crippen molar-refractivity contribution in [1.82, 2.24) is 4.90 Å². The minimum atomic E-state index is -0.287. The number of hydrogen-bond acceptors (Lipinski definition) is 3. The molecule has 0 aromatic heterocycles. The molecule has 0 spiro atoms. The molecule has 0 aliphatic rings. The molecular weight excluding hydrogens is 266 g/mol. The van der Waals surface area contributed by atoms with Crippen LogP contribution in [0.2, 0.25) is 5.02 Å². The molecule has 1 aromatic rings. The third-order valence-electron chi connectivity index (χ3n) is 2.62. The van der Waals surface area contributed by atoms with E-state index in [1.165, 1.54) is 6.92 Å². The van der Waals surface area contributed by atoms with Crippen LogP contribution in [-0.4, -0.2) is 29.9 Å². The van der Waals surface area contributed by atoms with Gasteiger partial charge in [0.2, 0.25) is 5.91 Å². The molecule has 0 aliphatic carbocycles. The van der Waals surface area contributed by atoms with E-state index in [4.69, 9.17) is 16.3 Å². The quantitative estimate of drug-likeness (QED) is 0.754. The third kappa shape index (κ3) is 5.75. The lowest BCUT2D eigenvalue weighted by Gasteiger charge is -2.20. The summed E-state index contributed by atoms with van der Waals surface area (Å²) in [5.41, 5.74) is 0.975. The fourth-order valence-corrected chi connectivity index (χ4v) is 1.74. The van der Waals surface area contributed by atoms with Gasteiger partial charge in [0.25, 0.3) is 0 Å². The Labute approximate surface area is 118 Å². The number of ether oxygens (including phenoxy) is 1. The van der Waals surface area contributed by atoms with Crippen molar-refractivity contribution in [3.8, 4) is 0 Å². The number of esters is 1. The second kappa shape index (κ2) is 7.79. The summed E-state index contributed by atoms with van der Waals surface area (Å²) in [6, 6.07) is 7.28. The van der Waals surface area contributed by atoms with Crippen LogP contribution in [0.4, 0.5) is 0 Å². The Kier molecular flexibility index (Phi) is 6.36. The number of carbonyl (C=O) groups excluding carboxylic acids is 2. The molecule has 1 aromatic carbocycles. The maximum atomic E-state index is 11.5. The largest absolute Gasteiger partial charge is 0.466 e. The molecule has 0 saturated carbocycles. The van der Waals surface area contributed by atoms with Gasteiger partial charge in [0.05, 0.1) is 13.0 Å². The van der Waals surface area contributed by atoms with Crippen molar-refractivity contribution >= 4 is 23.5 Å². The van der Waals surface area contributed by atoms with Crippen molar-refractivity contribution < 1.29 is 14.3 Å². The number of benzene rings is 1. The van der Waals surface area contributed by atoms with Gasteiger partial charge in [0.1, 0.15) is 0 Å². The van der Waals surface area contributed by atoms with E-state index in [-0.39, 0.29) is 18.3 Å². The highest BCUT2D eigenvalue weighted by molar-refractivity contribution is 6.30. The fraction of sp³-hybridized carbons (Fsp3) is 0.429. The highest BCUT2D eigenvalue weighted by atomic mass is 35.5. The van der Waals surface area contributed by atoms with E-state index in [1.807, 2.05) is 12.1 Å². The highest BCUT2D eigenvalue weighted by Gasteiger charge is 2.12. The first-order chi connectivity index (χ1) is 9.02. The number of amides is 1. The molecule has 0 heterocycles. The first-order valence-corrected chi connectivity index (χ1v) is 6.56.